The Bertz CT molecular complexity index is 226. The van der Waals surface area contributed by atoms with E-state index in [4.69, 9.17) is 0 Å². The van der Waals surface area contributed by atoms with Crippen molar-refractivity contribution < 1.29 is 9.53 Å². The highest BCUT2D eigenvalue weighted by Gasteiger charge is 2.06. The minimum atomic E-state index is -0.0687. The fraction of sp³-hybridized carbons (Fsp3) is 0.947. The maximum Gasteiger partial charge on any atom is 0.305 e. The van der Waals surface area contributed by atoms with Crippen molar-refractivity contribution in [2.75, 3.05) is 7.11 Å². The summed E-state index contributed by atoms with van der Waals surface area (Å²) in [5.41, 5.74) is 0. The second-order valence-corrected chi connectivity index (χ2v) is 6.54. The molecule has 0 aromatic heterocycles. The summed E-state index contributed by atoms with van der Waals surface area (Å²) >= 11 is 0. The minimum Gasteiger partial charge on any atom is -0.469 e. The molecule has 1 unspecified atom stereocenters. The van der Waals surface area contributed by atoms with E-state index in [1.165, 1.54) is 84.2 Å². The molecule has 126 valence electrons. The highest BCUT2D eigenvalue weighted by atomic mass is 16.5. The van der Waals surface area contributed by atoms with E-state index in [2.05, 4.69) is 18.6 Å². The molecule has 0 amide bonds. The second-order valence-electron chi connectivity index (χ2n) is 6.54. The molecule has 0 saturated carbocycles. The van der Waals surface area contributed by atoms with E-state index >= 15 is 0 Å². The molecule has 0 aromatic carbocycles. The molecule has 0 bridgehead atoms. The van der Waals surface area contributed by atoms with Gasteiger partial charge in [-0.15, -0.1) is 0 Å². The van der Waals surface area contributed by atoms with Crippen LogP contribution in [0.4, 0.5) is 0 Å². The van der Waals surface area contributed by atoms with Gasteiger partial charge in [0.15, 0.2) is 0 Å². The monoisotopic (exact) mass is 298 g/mol. The molecular weight excluding hydrogens is 260 g/mol. The van der Waals surface area contributed by atoms with Crippen molar-refractivity contribution in [3.63, 3.8) is 0 Å². The highest BCUT2D eigenvalue weighted by molar-refractivity contribution is 5.69. The largest absolute Gasteiger partial charge is 0.469 e. The maximum atomic E-state index is 11.1. The number of methoxy groups -OCH3 is 1. The van der Waals surface area contributed by atoms with E-state index in [1.54, 1.807) is 0 Å². The van der Waals surface area contributed by atoms with Crippen LogP contribution in [0.5, 0.6) is 0 Å². The van der Waals surface area contributed by atoms with Gasteiger partial charge < -0.3 is 4.74 Å². The van der Waals surface area contributed by atoms with Crippen molar-refractivity contribution in [3.05, 3.63) is 0 Å². The predicted octanol–water partition coefficient (Wildman–Crippen LogP) is 6.28. The van der Waals surface area contributed by atoms with Gasteiger partial charge in [-0.1, -0.05) is 90.9 Å². The van der Waals surface area contributed by atoms with Crippen molar-refractivity contribution >= 4 is 5.97 Å². The summed E-state index contributed by atoms with van der Waals surface area (Å²) < 4.78 is 4.67. The van der Waals surface area contributed by atoms with Crippen molar-refractivity contribution in [2.45, 2.75) is 104 Å². The number of hydrogen-bond acceptors (Lipinski definition) is 2. The van der Waals surface area contributed by atoms with E-state index in [9.17, 15) is 4.79 Å². The Hall–Kier alpha value is -0.530. The summed E-state index contributed by atoms with van der Waals surface area (Å²) in [6.45, 7) is 4.52. The zero-order chi connectivity index (χ0) is 15.8. The molecule has 1 atom stereocenters. The number of carbonyl (C=O) groups excluding carboxylic acids is 1. The van der Waals surface area contributed by atoms with Crippen molar-refractivity contribution in [3.8, 4) is 0 Å². The fourth-order valence-electron chi connectivity index (χ4n) is 2.77. The van der Waals surface area contributed by atoms with Crippen LogP contribution in [-0.2, 0) is 9.53 Å². The van der Waals surface area contributed by atoms with Gasteiger partial charge in [0.1, 0.15) is 0 Å². The van der Waals surface area contributed by atoms with Gasteiger partial charge in [0.05, 0.1) is 7.11 Å². The molecule has 0 aliphatic rings. The first-order valence-corrected chi connectivity index (χ1v) is 9.27. The van der Waals surface area contributed by atoms with Crippen molar-refractivity contribution in [1.29, 1.82) is 0 Å². The van der Waals surface area contributed by atoms with Crippen LogP contribution >= 0.6 is 0 Å². The van der Waals surface area contributed by atoms with Crippen LogP contribution in [0.2, 0.25) is 0 Å². The summed E-state index contributed by atoms with van der Waals surface area (Å²) in [4.78, 5) is 11.1. The highest BCUT2D eigenvalue weighted by Crippen LogP contribution is 2.17. The zero-order valence-electron chi connectivity index (χ0n) is 14.8. The Morgan fingerprint density at radius 2 is 1.29 bits per heavy atom. The quantitative estimate of drug-likeness (QED) is 0.263. The Morgan fingerprint density at radius 1 is 0.810 bits per heavy atom. The predicted molar refractivity (Wildman–Crippen MR) is 91.5 cm³/mol. The standard InChI is InChI=1S/C19H38O2/c1-4-5-6-7-8-9-10-11-12-13-14-15-18(2)16-17-19(20)21-3/h18H,4-17H2,1-3H3. The van der Waals surface area contributed by atoms with E-state index in [-0.39, 0.29) is 5.97 Å². The first kappa shape index (κ1) is 20.5. The van der Waals surface area contributed by atoms with Crippen molar-refractivity contribution in [1.82, 2.24) is 0 Å². The average molecular weight is 299 g/mol. The van der Waals surface area contributed by atoms with Gasteiger partial charge >= 0.3 is 5.97 Å². The molecule has 0 spiro atoms. The molecule has 0 rings (SSSR count). The Kier molecular flexibility index (Phi) is 15.5. The Morgan fingerprint density at radius 3 is 1.76 bits per heavy atom. The zero-order valence-corrected chi connectivity index (χ0v) is 14.8. The van der Waals surface area contributed by atoms with Crippen LogP contribution in [0.15, 0.2) is 0 Å². The molecule has 0 heterocycles. The van der Waals surface area contributed by atoms with Gasteiger partial charge in [0.25, 0.3) is 0 Å². The third-order valence-corrected chi connectivity index (χ3v) is 4.37. The lowest BCUT2D eigenvalue weighted by atomic mass is 9.97. The lowest BCUT2D eigenvalue weighted by Gasteiger charge is -2.10. The van der Waals surface area contributed by atoms with E-state index in [1.807, 2.05) is 0 Å². The van der Waals surface area contributed by atoms with Crippen LogP contribution in [0.3, 0.4) is 0 Å². The van der Waals surface area contributed by atoms with Crippen LogP contribution in [-0.4, -0.2) is 13.1 Å². The summed E-state index contributed by atoms with van der Waals surface area (Å²) in [7, 11) is 1.47. The Balaban J connectivity index is 3.16. The molecule has 0 aromatic rings. The topological polar surface area (TPSA) is 26.3 Å². The van der Waals surface area contributed by atoms with Gasteiger partial charge in [-0.3, -0.25) is 4.79 Å². The number of ether oxygens (including phenoxy) is 1. The van der Waals surface area contributed by atoms with E-state index < -0.39 is 0 Å². The third kappa shape index (κ3) is 15.7. The lowest BCUT2D eigenvalue weighted by molar-refractivity contribution is -0.140. The number of carbonyl (C=O) groups is 1. The van der Waals surface area contributed by atoms with Crippen LogP contribution in [0.1, 0.15) is 104 Å². The van der Waals surface area contributed by atoms with Crippen molar-refractivity contribution in [2.24, 2.45) is 5.92 Å². The molecule has 0 saturated heterocycles. The lowest BCUT2D eigenvalue weighted by Crippen LogP contribution is -2.04. The third-order valence-electron chi connectivity index (χ3n) is 4.37. The molecular formula is C19H38O2. The molecule has 0 aliphatic heterocycles. The minimum absolute atomic E-state index is 0.0687. The van der Waals surface area contributed by atoms with Crippen LogP contribution in [0.25, 0.3) is 0 Å². The molecule has 0 N–H and O–H groups in total. The van der Waals surface area contributed by atoms with E-state index in [0.29, 0.717) is 12.3 Å². The Labute approximate surface area is 133 Å². The van der Waals surface area contributed by atoms with Gasteiger partial charge in [0, 0.05) is 6.42 Å². The number of hydrogen-bond donors (Lipinski definition) is 0. The normalized spacial score (nSPS) is 12.3. The molecule has 0 aliphatic carbocycles. The maximum absolute atomic E-state index is 11.1. The molecule has 0 radical (unpaired) electrons. The van der Waals surface area contributed by atoms with Gasteiger partial charge in [-0.05, 0) is 12.3 Å². The van der Waals surface area contributed by atoms with Gasteiger partial charge in [-0.2, -0.15) is 0 Å². The summed E-state index contributed by atoms with van der Waals surface area (Å²) in [6, 6.07) is 0. The molecule has 2 heteroatoms. The first-order chi connectivity index (χ1) is 10.2. The number of rotatable bonds is 15. The fourth-order valence-corrected chi connectivity index (χ4v) is 2.77. The van der Waals surface area contributed by atoms with Crippen LogP contribution in [0, 0.1) is 5.92 Å². The summed E-state index contributed by atoms with van der Waals surface area (Å²) in [6.07, 6.45) is 18.2. The van der Waals surface area contributed by atoms with Gasteiger partial charge in [0.2, 0.25) is 0 Å². The summed E-state index contributed by atoms with van der Waals surface area (Å²) in [5, 5.41) is 0. The number of unbranched alkanes of at least 4 members (excludes halogenated alkanes) is 10. The second kappa shape index (κ2) is 15.9. The molecule has 21 heavy (non-hydrogen) atoms. The SMILES string of the molecule is CCCCCCCCCCCCCC(C)CCC(=O)OC. The van der Waals surface area contributed by atoms with E-state index in [0.717, 1.165) is 6.42 Å². The smallest absolute Gasteiger partial charge is 0.305 e. The van der Waals surface area contributed by atoms with Gasteiger partial charge in [-0.25, -0.2) is 0 Å². The molecule has 2 nitrogen and oxygen atoms in total. The molecule has 0 fully saturated rings. The summed E-state index contributed by atoms with van der Waals surface area (Å²) in [5.74, 6) is 0.587. The first-order valence-electron chi connectivity index (χ1n) is 9.27. The average Bonchev–Trinajstić information content (AvgIpc) is 2.50. The number of esters is 1. The van der Waals surface area contributed by atoms with Crippen LogP contribution < -0.4 is 0 Å².